The van der Waals surface area contributed by atoms with Gasteiger partial charge in [-0.2, -0.15) is 0 Å². The van der Waals surface area contributed by atoms with Crippen LogP contribution in [0, 0.1) is 18.3 Å². The number of nitrogens with zero attached hydrogens (tertiary/aromatic N) is 1. The number of terminal acetylenes is 1. The Morgan fingerprint density at radius 3 is 2.47 bits per heavy atom. The molecule has 1 aliphatic rings. The van der Waals surface area contributed by atoms with Gasteiger partial charge in [0.25, 0.3) is 0 Å². The molecule has 4 nitrogen and oxygen atoms in total. The molecule has 1 heterocycles. The Labute approximate surface area is 103 Å². The quantitative estimate of drug-likeness (QED) is 0.720. The van der Waals surface area contributed by atoms with Gasteiger partial charge in [0.05, 0.1) is 6.04 Å². The average Bonchev–Trinajstić information content (AvgIpc) is 2.29. The van der Waals surface area contributed by atoms with E-state index in [1.165, 1.54) is 0 Å². The van der Waals surface area contributed by atoms with E-state index in [4.69, 9.17) is 6.42 Å². The molecule has 0 saturated carbocycles. The lowest BCUT2D eigenvalue weighted by Crippen LogP contribution is -2.55. The summed E-state index contributed by atoms with van der Waals surface area (Å²) >= 11 is 0. The van der Waals surface area contributed by atoms with Crippen molar-refractivity contribution in [3.8, 4) is 12.3 Å². The standard InChI is InChI=1S/C13H20N2O2/c1-6-10(9(2)3)15-8-7-11(16)14-13(4,5)12(15)17/h1,9-10H,7-8H2,2-5H3,(H,14,16). The Morgan fingerprint density at radius 2 is 2.00 bits per heavy atom. The van der Waals surface area contributed by atoms with E-state index in [0.717, 1.165) is 0 Å². The van der Waals surface area contributed by atoms with Gasteiger partial charge in [0.2, 0.25) is 11.8 Å². The van der Waals surface area contributed by atoms with Crippen LogP contribution in [-0.2, 0) is 9.59 Å². The molecule has 1 aliphatic heterocycles. The fourth-order valence-corrected chi connectivity index (χ4v) is 2.05. The number of carbonyl (C=O) groups excluding carboxylic acids is 2. The monoisotopic (exact) mass is 236 g/mol. The maximum Gasteiger partial charge on any atom is 0.248 e. The average molecular weight is 236 g/mol. The number of hydrogen-bond donors (Lipinski definition) is 1. The number of rotatable bonds is 2. The van der Waals surface area contributed by atoms with Crippen LogP contribution in [0.15, 0.2) is 0 Å². The molecular weight excluding hydrogens is 216 g/mol. The summed E-state index contributed by atoms with van der Waals surface area (Å²) in [6, 6.07) is -0.255. The first kappa shape index (κ1) is 13.6. The minimum Gasteiger partial charge on any atom is -0.342 e. The molecule has 0 aromatic carbocycles. The predicted molar refractivity (Wildman–Crippen MR) is 66.0 cm³/mol. The zero-order valence-electron chi connectivity index (χ0n) is 10.9. The Hall–Kier alpha value is -1.50. The third-order valence-corrected chi connectivity index (χ3v) is 2.97. The zero-order valence-corrected chi connectivity index (χ0v) is 10.9. The molecule has 0 spiro atoms. The van der Waals surface area contributed by atoms with Crippen molar-refractivity contribution in [1.82, 2.24) is 10.2 Å². The van der Waals surface area contributed by atoms with Crippen molar-refractivity contribution < 1.29 is 9.59 Å². The van der Waals surface area contributed by atoms with Gasteiger partial charge in [-0.3, -0.25) is 9.59 Å². The summed E-state index contributed by atoms with van der Waals surface area (Å²) in [5.41, 5.74) is -0.877. The highest BCUT2D eigenvalue weighted by molar-refractivity contribution is 5.93. The molecule has 0 aromatic rings. The Kier molecular flexibility index (Phi) is 3.82. The summed E-state index contributed by atoms with van der Waals surface area (Å²) in [5, 5.41) is 2.72. The topological polar surface area (TPSA) is 49.4 Å². The molecule has 1 unspecified atom stereocenters. The Balaban J connectivity index is 3.03. The maximum atomic E-state index is 12.3. The van der Waals surface area contributed by atoms with Crippen LogP contribution in [-0.4, -0.2) is 34.8 Å². The third kappa shape index (κ3) is 2.79. The molecule has 0 aliphatic carbocycles. The maximum absolute atomic E-state index is 12.3. The summed E-state index contributed by atoms with van der Waals surface area (Å²) in [4.78, 5) is 25.5. The van der Waals surface area contributed by atoms with Crippen molar-refractivity contribution in [2.75, 3.05) is 6.54 Å². The van der Waals surface area contributed by atoms with E-state index < -0.39 is 5.54 Å². The summed E-state index contributed by atoms with van der Waals surface area (Å²) in [5.74, 6) is 2.60. The smallest absolute Gasteiger partial charge is 0.248 e. The van der Waals surface area contributed by atoms with Crippen molar-refractivity contribution in [2.24, 2.45) is 5.92 Å². The van der Waals surface area contributed by atoms with E-state index >= 15 is 0 Å². The fraction of sp³-hybridized carbons (Fsp3) is 0.692. The largest absolute Gasteiger partial charge is 0.342 e. The molecule has 1 atom stereocenters. The van der Waals surface area contributed by atoms with Crippen LogP contribution < -0.4 is 5.32 Å². The van der Waals surface area contributed by atoms with Crippen LogP contribution >= 0.6 is 0 Å². The molecule has 2 amide bonds. The SMILES string of the molecule is C#CC(C(C)C)N1CCC(=O)NC(C)(C)C1=O. The van der Waals surface area contributed by atoms with Crippen LogP contribution in [0.4, 0.5) is 0 Å². The highest BCUT2D eigenvalue weighted by atomic mass is 16.2. The van der Waals surface area contributed by atoms with Gasteiger partial charge in [0.1, 0.15) is 5.54 Å². The van der Waals surface area contributed by atoms with Crippen LogP contribution in [0.5, 0.6) is 0 Å². The van der Waals surface area contributed by atoms with Crippen LogP contribution in [0.3, 0.4) is 0 Å². The first-order chi connectivity index (χ1) is 7.79. The van der Waals surface area contributed by atoms with Gasteiger partial charge in [-0.25, -0.2) is 0 Å². The fourth-order valence-electron chi connectivity index (χ4n) is 2.05. The van der Waals surface area contributed by atoms with E-state index in [9.17, 15) is 9.59 Å². The van der Waals surface area contributed by atoms with Crippen molar-refractivity contribution in [2.45, 2.75) is 45.7 Å². The first-order valence-corrected chi connectivity index (χ1v) is 5.88. The highest BCUT2D eigenvalue weighted by Gasteiger charge is 2.39. The van der Waals surface area contributed by atoms with Crippen LogP contribution in [0.1, 0.15) is 34.1 Å². The van der Waals surface area contributed by atoms with Crippen molar-refractivity contribution in [1.29, 1.82) is 0 Å². The molecule has 1 N–H and O–H groups in total. The molecule has 1 rings (SSSR count). The summed E-state index contributed by atoms with van der Waals surface area (Å²) in [6.45, 7) is 7.76. The van der Waals surface area contributed by atoms with E-state index in [1.807, 2.05) is 13.8 Å². The first-order valence-electron chi connectivity index (χ1n) is 5.88. The molecule has 1 saturated heterocycles. The van der Waals surface area contributed by atoms with Gasteiger partial charge < -0.3 is 10.2 Å². The van der Waals surface area contributed by atoms with E-state index in [-0.39, 0.29) is 23.8 Å². The van der Waals surface area contributed by atoms with Crippen LogP contribution in [0.25, 0.3) is 0 Å². The molecule has 94 valence electrons. The number of hydrogen-bond acceptors (Lipinski definition) is 2. The molecule has 0 bridgehead atoms. The molecule has 0 radical (unpaired) electrons. The summed E-state index contributed by atoms with van der Waals surface area (Å²) in [6.07, 6.45) is 5.80. The molecule has 17 heavy (non-hydrogen) atoms. The van der Waals surface area contributed by atoms with Gasteiger partial charge in [0, 0.05) is 13.0 Å². The van der Waals surface area contributed by atoms with Gasteiger partial charge in [-0.15, -0.1) is 6.42 Å². The van der Waals surface area contributed by atoms with Gasteiger partial charge in [-0.1, -0.05) is 19.8 Å². The second kappa shape index (κ2) is 4.79. The molecule has 4 heteroatoms. The second-order valence-corrected chi connectivity index (χ2v) is 5.28. The predicted octanol–water partition coefficient (Wildman–Crippen LogP) is 0.771. The third-order valence-electron chi connectivity index (χ3n) is 2.97. The second-order valence-electron chi connectivity index (χ2n) is 5.28. The normalized spacial score (nSPS) is 21.8. The van der Waals surface area contributed by atoms with Gasteiger partial charge in [-0.05, 0) is 19.8 Å². The minimum atomic E-state index is -0.877. The Morgan fingerprint density at radius 1 is 1.41 bits per heavy atom. The molecule has 0 aromatic heterocycles. The summed E-state index contributed by atoms with van der Waals surface area (Å²) < 4.78 is 0. The lowest BCUT2D eigenvalue weighted by atomic mass is 9.98. The molecule has 1 fully saturated rings. The van der Waals surface area contributed by atoms with Crippen molar-refractivity contribution in [3.63, 3.8) is 0 Å². The Bertz CT molecular complexity index is 366. The minimum absolute atomic E-state index is 0.106. The van der Waals surface area contributed by atoms with Gasteiger partial charge >= 0.3 is 0 Å². The number of amides is 2. The van der Waals surface area contributed by atoms with Crippen molar-refractivity contribution in [3.05, 3.63) is 0 Å². The van der Waals surface area contributed by atoms with E-state index in [1.54, 1.807) is 18.7 Å². The van der Waals surface area contributed by atoms with Gasteiger partial charge in [0.15, 0.2) is 0 Å². The van der Waals surface area contributed by atoms with E-state index in [0.29, 0.717) is 13.0 Å². The highest BCUT2D eigenvalue weighted by Crippen LogP contribution is 2.19. The van der Waals surface area contributed by atoms with Crippen molar-refractivity contribution >= 4 is 11.8 Å². The number of carbonyl (C=O) groups is 2. The molecular formula is C13H20N2O2. The zero-order chi connectivity index (χ0) is 13.2. The lowest BCUT2D eigenvalue weighted by Gasteiger charge is -2.34. The van der Waals surface area contributed by atoms with Crippen LogP contribution in [0.2, 0.25) is 0 Å². The lowest BCUT2D eigenvalue weighted by molar-refractivity contribution is -0.139. The van der Waals surface area contributed by atoms with E-state index in [2.05, 4.69) is 11.2 Å². The summed E-state index contributed by atoms with van der Waals surface area (Å²) in [7, 11) is 0. The number of nitrogens with one attached hydrogen (secondary N) is 1.